The molecule has 4 rings (SSSR count). The summed E-state index contributed by atoms with van der Waals surface area (Å²) in [7, 11) is -4.06. The lowest BCUT2D eigenvalue weighted by Crippen LogP contribution is -2.14. The molecule has 0 saturated heterocycles. The van der Waals surface area contributed by atoms with Crippen molar-refractivity contribution in [3.63, 3.8) is 0 Å². The van der Waals surface area contributed by atoms with Gasteiger partial charge in [0.25, 0.3) is 10.0 Å². The fraction of sp³-hybridized carbons (Fsp3) is 0.0952. The van der Waals surface area contributed by atoms with Crippen molar-refractivity contribution in [3.8, 4) is 11.3 Å². The maximum atomic E-state index is 12.7. The number of imidazole rings is 1. The second-order valence-corrected chi connectivity index (χ2v) is 8.43. The molecule has 0 radical (unpaired) electrons. The predicted octanol–water partition coefficient (Wildman–Crippen LogP) is 5.13. The topological polar surface area (TPSA) is 63.5 Å². The molecule has 0 bridgehead atoms. The van der Waals surface area contributed by atoms with E-state index >= 15 is 0 Å². The number of hydrogen-bond acceptors (Lipinski definition) is 3. The zero-order chi connectivity index (χ0) is 21.5. The van der Waals surface area contributed by atoms with Crippen LogP contribution in [0.1, 0.15) is 11.1 Å². The average molecular weight is 431 g/mol. The summed E-state index contributed by atoms with van der Waals surface area (Å²) in [5, 5.41) is 0. The van der Waals surface area contributed by atoms with Crippen LogP contribution in [0.2, 0.25) is 0 Å². The maximum Gasteiger partial charge on any atom is 0.416 e. The highest BCUT2D eigenvalue weighted by molar-refractivity contribution is 7.92. The van der Waals surface area contributed by atoms with E-state index in [1.165, 1.54) is 0 Å². The summed E-state index contributed by atoms with van der Waals surface area (Å²) in [6, 6.07) is 14.2. The van der Waals surface area contributed by atoms with Gasteiger partial charge in [-0.25, -0.2) is 13.4 Å². The monoisotopic (exact) mass is 431 g/mol. The Labute approximate surface area is 170 Å². The summed E-state index contributed by atoms with van der Waals surface area (Å²) < 4.78 is 67.9. The minimum Gasteiger partial charge on any atom is -0.306 e. The Bertz CT molecular complexity index is 1290. The molecule has 4 aromatic rings. The predicted molar refractivity (Wildman–Crippen MR) is 108 cm³/mol. The van der Waals surface area contributed by atoms with Gasteiger partial charge in [0, 0.05) is 18.0 Å². The first-order valence-electron chi connectivity index (χ1n) is 8.88. The highest BCUT2D eigenvalue weighted by Crippen LogP contribution is 2.31. The molecule has 2 heterocycles. The lowest BCUT2D eigenvalue weighted by Gasteiger charge is -2.13. The van der Waals surface area contributed by atoms with Crippen molar-refractivity contribution in [2.75, 3.05) is 4.72 Å². The molecule has 1 N–H and O–H groups in total. The van der Waals surface area contributed by atoms with Crippen LogP contribution in [0.4, 0.5) is 18.9 Å². The molecule has 0 aliphatic rings. The summed E-state index contributed by atoms with van der Waals surface area (Å²) in [5.41, 5.74) is 2.19. The number of aryl methyl sites for hydroxylation is 1. The van der Waals surface area contributed by atoms with Gasteiger partial charge in [-0.2, -0.15) is 13.2 Å². The summed E-state index contributed by atoms with van der Waals surface area (Å²) in [6.45, 7) is 1.73. The van der Waals surface area contributed by atoms with Crippen molar-refractivity contribution >= 4 is 21.4 Å². The van der Waals surface area contributed by atoms with Gasteiger partial charge < -0.3 is 4.40 Å². The summed E-state index contributed by atoms with van der Waals surface area (Å²) in [5.74, 6) is 0. The van der Waals surface area contributed by atoms with E-state index in [1.54, 1.807) is 19.1 Å². The minimum absolute atomic E-state index is 0.256. The van der Waals surface area contributed by atoms with E-state index in [0.29, 0.717) is 22.5 Å². The van der Waals surface area contributed by atoms with Gasteiger partial charge >= 0.3 is 6.18 Å². The quantitative estimate of drug-likeness (QED) is 0.487. The van der Waals surface area contributed by atoms with Crippen LogP contribution in [0, 0.1) is 6.92 Å². The number of aromatic nitrogens is 2. The van der Waals surface area contributed by atoms with Crippen molar-refractivity contribution in [3.05, 3.63) is 84.2 Å². The highest BCUT2D eigenvalue weighted by Gasteiger charge is 2.30. The maximum absolute atomic E-state index is 12.7. The van der Waals surface area contributed by atoms with E-state index in [2.05, 4.69) is 9.71 Å². The van der Waals surface area contributed by atoms with Crippen molar-refractivity contribution in [1.29, 1.82) is 0 Å². The first-order chi connectivity index (χ1) is 14.1. The van der Waals surface area contributed by atoms with E-state index in [0.717, 1.165) is 29.9 Å². The van der Waals surface area contributed by atoms with Crippen molar-refractivity contribution in [2.45, 2.75) is 18.0 Å². The van der Waals surface area contributed by atoms with Crippen LogP contribution >= 0.6 is 0 Å². The van der Waals surface area contributed by atoms with Gasteiger partial charge in [-0.15, -0.1) is 0 Å². The number of rotatable bonds is 4. The normalized spacial score (nSPS) is 12.3. The number of benzene rings is 2. The zero-order valence-corrected chi connectivity index (χ0v) is 16.5. The molecule has 0 atom stereocenters. The third-order valence-electron chi connectivity index (χ3n) is 4.63. The molecule has 0 spiro atoms. The number of halogens is 3. The van der Waals surface area contributed by atoms with E-state index < -0.39 is 21.8 Å². The molecule has 30 heavy (non-hydrogen) atoms. The average Bonchev–Trinajstić information content (AvgIpc) is 3.13. The Morgan fingerprint density at radius 3 is 2.40 bits per heavy atom. The smallest absolute Gasteiger partial charge is 0.306 e. The molecule has 0 saturated carbocycles. The van der Waals surface area contributed by atoms with Crippen molar-refractivity contribution < 1.29 is 21.6 Å². The summed E-state index contributed by atoms with van der Waals surface area (Å²) >= 11 is 0. The fourth-order valence-corrected chi connectivity index (χ4v) is 4.11. The van der Waals surface area contributed by atoms with Crippen LogP contribution in [0.15, 0.2) is 78.0 Å². The van der Waals surface area contributed by atoms with Gasteiger partial charge in [-0.05, 0) is 55.0 Å². The summed E-state index contributed by atoms with van der Waals surface area (Å²) in [4.78, 5) is 4.26. The largest absolute Gasteiger partial charge is 0.416 e. The number of hydrogen-bond donors (Lipinski definition) is 1. The molecule has 0 amide bonds. The number of sulfonamides is 1. The van der Waals surface area contributed by atoms with Crippen LogP contribution < -0.4 is 4.72 Å². The number of fused-ring (bicyclic) bond motifs is 1. The van der Waals surface area contributed by atoms with E-state index in [-0.39, 0.29) is 4.90 Å². The van der Waals surface area contributed by atoms with Crippen LogP contribution in [0.5, 0.6) is 0 Å². The SMILES string of the molecule is Cc1ccc(-c2cn3ccccc3n2)cc1NS(=O)(=O)c1ccc(C(F)(F)F)cc1. The number of anilines is 1. The molecule has 0 aliphatic carbocycles. The fourth-order valence-electron chi connectivity index (χ4n) is 2.99. The Morgan fingerprint density at radius 1 is 1.00 bits per heavy atom. The third-order valence-corrected chi connectivity index (χ3v) is 6.02. The van der Waals surface area contributed by atoms with E-state index in [9.17, 15) is 21.6 Å². The number of nitrogens with one attached hydrogen (secondary N) is 1. The Kier molecular flexibility index (Phi) is 4.77. The molecule has 0 aliphatic heterocycles. The number of pyridine rings is 1. The van der Waals surface area contributed by atoms with Crippen LogP contribution in [-0.2, 0) is 16.2 Å². The standard InChI is InChI=1S/C21H16F3N3O2S/c1-14-5-6-15(19-13-27-11-3-2-4-20(27)25-19)12-18(14)26-30(28,29)17-9-7-16(8-10-17)21(22,23)24/h2-13,26H,1H3. The van der Waals surface area contributed by atoms with E-state index in [1.807, 2.05) is 41.1 Å². The van der Waals surface area contributed by atoms with Gasteiger partial charge in [0.2, 0.25) is 0 Å². The van der Waals surface area contributed by atoms with Crippen LogP contribution in [-0.4, -0.2) is 17.8 Å². The van der Waals surface area contributed by atoms with Gasteiger partial charge in [-0.1, -0.05) is 18.2 Å². The van der Waals surface area contributed by atoms with Crippen molar-refractivity contribution in [2.24, 2.45) is 0 Å². The molecule has 5 nitrogen and oxygen atoms in total. The molecule has 0 unspecified atom stereocenters. The first-order valence-corrected chi connectivity index (χ1v) is 10.4. The molecule has 9 heteroatoms. The van der Waals surface area contributed by atoms with Gasteiger partial charge in [-0.3, -0.25) is 4.72 Å². The molecule has 0 fully saturated rings. The zero-order valence-electron chi connectivity index (χ0n) is 15.7. The highest BCUT2D eigenvalue weighted by atomic mass is 32.2. The minimum atomic E-state index is -4.53. The Hall–Kier alpha value is -3.33. The lowest BCUT2D eigenvalue weighted by atomic mass is 10.1. The van der Waals surface area contributed by atoms with Gasteiger partial charge in [0.05, 0.1) is 21.8 Å². The number of alkyl halides is 3. The Morgan fingerprint density at radius 2 is 1.73 bits per heavy atom. The number of nitrogens with zero attached hydrogens (tertiary/aromatic N) is 2. The molecule has 2 aromatic heterocycles. The Balaban J connectivity index is 1.66. The van der Waals surface area contributed by atoms with Gasteiger partial charge in [0.1, 0.15) is 5.65 Å². The molecule has 2 aromatic carbocycles. The molecular weight excluding hydrogens is 415 g/mol. The van der Waals surface area contributed by atoms with Gasteiger partial charge in [0.15, 0.2) is 0 Å². The van der Waals surface area contributed by atoms with E-state index in [4.69, 9.17) is 0 Å². The van der Waals surface area contributed by atoms with Crippen LogP contribution in [0.25, 0.3) is 16.9 Å². The summed E-state index contributed by atoms with van der Waals surface area (Å²) in [6.07, 6.45) is -0.850. The third kappa shape index (κ3) is 3.88. The lowest BCUT2D eigenvalue weighted by molar-refractivity contribution is -0.137. The second kappa shape index (κ2) is 7.17. The first kappa shape index (κ1) is 20.0. The molecule has 154 valence electrons. The van der Waals surface area contributed by atoms with Crippen molar-refractivity contribution in [1.82, 2.24) is 9.38 Å². The van der Waals surface area contributed by atoms with Crippen LogP contribution in [0.3, 0.4) is 0 Å². The second-order valence-electron chi connectivity index (χ2n) is 6.75. The molecular formula is C21H16F3N3O2S.